The highest BCUT2D eigenvalue weighted by molar-refractivity contribution is 6.00. The van der Waals surface area contributed by atoms with Crippen LogP contribution in [0.25, 0.3) is 0 Å². The van der Waals surface area contributed by atoms with Crippen molar-refractivity contribution in [1.29, 1.82) is 5.26 Å². The number of halogens is 2. The molecule has 1 atom stereocenters. The van der Waals surface area contributed by atoms with Crippen molar-refractivity contribution in [3.05, 3.63) is 65.2 Å². The molecule has 2 aromatic carbocycles. The van der Waals surface area contributed by atoms with Crippen molar-refractivity contribution in [1.82, 2.24) is 5.32 Å². The highest BCUT2D eigenvalue weighted by Crippen LogP contribution is 2.28. The van der Waals surface area contributed by atoms with E-state index >= 15 is 0 Å². The van der Waals surface area contributed by atoms with Crippen molar-refractivity contribution in [2.75, 3.05) is 11.4 Å². The summed E-state index contributed by atoms with van der Waals surface area (Å²) in [5.74, 6) is -2.86. The molecule has 2 amide bonds. The van der Waals surface area contributed by atoms with E-state index in [0.717, 1.165) is 11.6 Å². The van der Waals surface area contributed by atoms with Gasteiger partial charge in [-0.15, -0.1) is 0 Å². The third-order valence-corrected chi connectivity index (χ3v) is 4.25. The topological polar surface area (TPSA) is 73.2 Å². The molecule has 0 aliphatic carbocycles. The molecule has 0 saturated carbocycles. The van der Waals surface area contributed by atoms with E-state index in [1.807, 2.05) is 6.07 Å². The number of carbonyl (C=O) groups excluding carboxylic acids is 2. The zero-order chi connectivity index (χ0) is 18.7. The molecule has 5 nitrogen and oxygen atoms in total. The van der Waals surface area contributed by atoms with Crippen molar-refractivity contribution < 1.29 is 18.4 Å². The van der Waals surface area contributed by atoms with Gasteiger partial charge in [0, 0.05) is 25.6 Å². The fourth-order valence-corrected chi connectivity index (χ4v) is 2.85. The minimum atomic E-state index is -0.836. The number of rotatable bonds is 4. The predicted octanol–water partition coefficient (Wildman–Crippen LogP) is 2.51. The third kappa shape index (κ3) is 3.70. The molecule has 1 N–H and O–H groups in total. The van der Waals surface area contributed by atoms with Gasteiger partial charge in [-0.05, 0) is 29.8 Å². The van der Waals surface area contributed by atoms with Crippen LogP contribution in [-0.2, 0) is 16.1 Å². The van der Waals surface area contributed by atoms with Gasteiger partial charge in [0.2, 0.25) is 11.8 Å². The first-order valence-electron chi connectivity index (χ1n) is 8.00. The van der Waals surface area contributed by atoms with Crippen molar-refractivity contribution in [3.63, 3.8) is 0 Å². The van der Waals surface area contributed by atoms with Gasteiger partial charge in [0.05, 0.1) is 23.2 Å². The minimum absolute atomic E-state index is 0.0289. The normalized spacial score (nSPS) is 16.4. The summed E-state index contributed by atoms with van der Waals surface area (Å²) in [6.07, 6.45) is -0.0317. The van der Waals surface area contributed by atoms with Crippen LogP contribution in [0.3, 0.4) is 0 Å². The van der Waals surface area contributed by atoms with Crippen LogP contribution < -0.4 is 10.2 Å². The lowest BCUT2D eigenvalue weighted by Crippen LogP contribution is -2.32. The smallest absolute Gasteiger partial charge is 0.227 e. The molecule has 1 saturated heterocycles. The van der Waals surface area contributed by atoms with Crippen molar-refractivity contribution >= 4 is 17.5 Å². The molecule has 7 heteroatoms. The van der Waals surface area contributed by atoms with E-state index in [1.165, 1.54) is 11.0 Å². The molecular weight excluding hydrogens is 340 g/mol. The number of hydrogen-bond acceptors (Lipinski definition) is 3. The standard InChI is InChI=1S/C19H15F2N3O2/c20-15-5-6-17(16(21)8-15)24-11-14(7-18(24)25)19(26)23-10-13-3-1-12(9-22)2-4-13/h1-6,8,14H,7,10-11H2,(H,23,26). The Morgan fingerprint density at radius 3 is 2.62 bits per heavy atom. The number of hydrogen-bond donors (Lipinski definition) is 1. The van der Waals surface area contributed by atoms with Gasteiger partial charge >= 0.3 is 0 Å². The number of amides is 2. The van der Waals surface area contributed by atoms with Gasteiger partial charge in [0.25, 0.3) is 0 Å². The summed E-state index contributed by atoms with van der Waals surface area (Å²) in [6.45, 7) is 0.306. The zero-order valence-corrected chi connectivity index (χ0v) is 13.7. The Morgan fingerprint density at radius 1 is 1.23 bits per heavy atom. The Kier molecular flexibility index (Phi) is 4.94. The van der Waals surface area contributed by atoms with Crippen molar-refractivity contribution in [3.8, 4) is 6.07 Å². The lowest BCUT2D eigenvalue weighted by atomic mass is 10.1. The minimum Gasteiger partial charge on any atom is -0.352 e. The summed E-state index contributed by atoms with van der Waals surface area (Å²) in [5, 5.41) is 11.5. The molecular formula is C19H15F2N3O2. The Hall–Kier alpha value is -3.27. The number of nitriles is 1. The van der Waals surface area contributed by atoms with Gasteiger partial charge in [-0.1, -0.05) is 12.1 Å². The van der Waals surface area contributed by atoms with Crippen LogP contribution in [0.4, 0.5) is 14.5 Å². The SMILES string of the molecule is N#Cc1ccc(CNC(=O)C2CC(=O)N(c3ccc(F)cc3F)C2)cc1. The van der Waals surface area contributed by atoms with E-state index in [1.54, 1.807) is 24.3 Å². The maximum atomic E-state index is 13.9. The highest BCUT2D eigenvalue weighted by atomic mass is 19.1. The lowest BCUT2D eigenvalue weighted by molar-refractivity contribution is -0.126. The Morgan fingerprint density at radius 2 is 1.96 bits per heavy atom. The molecule has 0 spiro atoms. The molecule has 0 bridgehead atoms. The second kappa shape index (κ2) is 7.31. The first kappa shape index (κ1) is 17.5. The molecule has 132 valence electrons. The first-order valence-corrected chi connectivity index (χ1v) is 8.00. The maximum Gasteiger partial charge on any atom is 0.227 e. The third-order valence-electron chi connectivity index (χ3n) is 4.25. The molecule has 1 aliphatic rings. The Balaban J connectivity index is 1.62. The van der Waals surface area contributed by atoms with Gasteiger partial charge < -0.3 is 10.2 Å². The molecule has 3 rings (SSSR count). The largest absolute Gasteiger partial charge is 0.352 e. The summed E-state index contributed by atoms with van der Waals surface area (Å²) in [6, 6.07) is 11.8. The van der Waals surface area contributed by atoms with Gasteiger partial charge in [-0.3, -0.25) is 9.59 Å². The summed E-state index contributed by atoms with van der Waals surface area (Å²) >= 11 is 0. The Labute approximate surface area is 148 Å². The predicted molar refractivity (Wildman–Crippen MR) is 89.8 cm³/mol. The second-order valence-electron chi connectivity index (χ2n) is 6.03. The van der Waals surface area contributed by atoms with E-state index in [4.69, 9.17) is 5.26 Å². The average molecular weight is 355 g/mol. The van der Waals surface area contributed by atoms with E-state index in [2.05, 4.69) is 5.32 Å². The molecule has 1 heterocycles. The molecule has 1 fully saturated rings. The van der Waals surface area contributed by atoms with Crippen molar-refractivity contribution in [2.24, 2.45) is 5.92 Å². The fourth-order valence-electron chi connectivity index (χ4n) is 2.85. The van der Waals surface area contributed by atoms with E-state index < -0.39 is 17.6 Å². The number of benzene rings is 2. The van der Waals surface area contributed by atoms with Crippen LogP contribution in [0.2, 0.25) is 0 Å². The molecule has 2 aromatic rings. The lowest BCUT2D eigenvalue weighted by Gasteiger charge is -2.17. The number of nitrogens with zero attached hydrogens (tertiary/aromatic N) is 2. The average Bonchev–Trinajstić information content (AvgIpc) is 3.02. The maximum absolute atomic E-state index is 13.9. The number of anilines is 1. The van der Waals surface area contributed by atoms with Crippen LogP contribution in [0.5, 0.6) is 0 Å². The van der Waals surface area contributed by atoms with Gasteiger partial charge in [-0.25, -0.2) is 8.78 Å². The van der Waals surface area contributed by atoms with Crippen LogP contribution in [-0.4, -0.2) is 18.4 Å². The van der Waals surface area contributed by atoms with E-state index in [0.29, 0.717) is 11.6 Å². The van der Waals surface area contributed by atoms with Crippen LogP contribution in [0, 0.1) is 28.9 Å². The van der Waals surface area contributed by atoms with Crippen LogP contribution >= 0.6 is 0 Å². The fraction of sp³-hybridized carbons (Fsp3) is 0.211. The zero-order valence-electron chi connectivity index (χ0n) is 13.7. The summed E-state index contributed by atoms with van der Waals surface area (Å²) in [5.41, 5.74) is 1.32. The number of carbonyl (C=O) groups is 2. The molecule has 1 aliphatic heterocycles. The number of nitrogens with one attached hydrogen (secondary N) is 1. The molecule has 26 heavy (non-hydrogen) atoms. The van der Waals surface area contributed by atoms with E-state index in [9.17, 15) is 18.4 Å². The highest BCUT2D eigenvalue weighted by Gasteiger charge is 2.36. The van der Waals surface area contributed by atoms with Crippen LogP contribution in [0.1, 0.15) is 17.5 Å². The van der Waals surface area contributed by atoms with Crippen LogP contribution in [0.15, 0.2) is 42.5 Å². The summed E-state index contributed by atoms with van der Waals surface area (Å²) < 4.78 is 26.9. The molecule has 0 aromatic heterocycles. The molecule has 1 unspecified atom stereocenters. The summed E-state index contributed by atoms with van der Waals surface area (Å²) in [7, 11) is 0. The Bertz CT molecular complexity index is 891. The summed E-state index contributed by atoms with van der Waals surface area (Å²) in [4.78, 5) is 25.6. The van der Waals surface area contributed by atoms with Gasteiger partial charge in [0.1, 0.15) is 11.6 Å². The van der Waals surface area contributed by atoms with E-state index in [-0.39, 0.29) is 37.0 Å². The second-order valence-corrected chi connectivity index (χ2v) is 6.03. The van der Waals surface area contributed by atoms with Crippen molar-refractivity contribution in [2.45, 2.75) is 13.0 Å². The van der Waals surface area contributed by atoms with Gasteiger partial charge in [-0.2, -0.15) is 5.26 Å². The monoisotopic (exact) mass is 355 g/mol. The van der Waals surface area contributed by atoms with Gasteiger partial charge in [0.15, 0.2) is 0 Å². The molecule has 0 radical (unpaired) electrons. The quantitative estimate of drug-likeness (QED) is 0.916. The first-order chi connectivity index (χ1) is 12.5.